The van der Waals surface area contributed by atoms with E-state index in [4.69, 9.17) is 0 Å². The second-order valence-electron chi connectivity index (χ2n) is 5.82. The van der Waals surface area contributed by atoms with E-state index in [2.05, 4.69) is 28.6 Å². The lowest BCUT2D eigenvalue weighted by atomic mass is 9.88. The van der Waals surface area contributed by atoms with Gasteiger partial charge in [0.2, 0.25) is 0 Å². The second kappa shape index (κ2) is 5.19. The third kappa shape index (κ3) is 1.98. The molecule has 0 saturated carbocycles. The summed E-state index contributed by atoms with van der Waals surface area (Å²) < 4.78 is 0. The fourth-order valence-electron chi connectivity index (χ4n) is 4.00. The topological polar surface area (TPSA) is 15.3 Å². The number of hydrogen-bond acceptors (Lipinski definition) is 3. The summed E-state index contributed by atoms with van der Waals surface area (Å²) in [5.74, 6) is 0.733. The number of halogens is 1. The number of thioether (sulfide) groups is 1. The number of hydrogen-bond donors (Lipinski definition) is 1. The predicted octanol–water partition coefficient (Wildman–Crippen LogP) is 3.28. The minimum Gasteiger partial charge on any atom is -0.360 e. The smallest absolute Gasteiger partial charge is 0.0562 e. The van der Waals surface area contributed by atoms with Crippen LogP contribution < -0.4 is 5.32 Å². The highest BCUT2D eigenvalue weighted by Crippen LogP contribution is 2.48. The van der Waals surface area contributed by atoms with Crippen LogP contribution in [0.4, 0.5) is 0 Å². The molecule has 0 aromatic carbocycles. The van der Waals surface area contributed by atoms with Gasteiger partial charge in [-0.1, -0.05) is 13.0 Å². The van der Waals surface area contributed by atoms with Crippen LogP contribution >= 0.6 is 24.2 Å². The summed E-state index contributed by atoms with van der Waals surface area (Å²) in [6.45, 7) is 5.79. The Balaban J connectivity index is 0.00000110. The van der Waals surface area contributed by atoms with E-state index >= 15 is 0 Å². The third-order valence-corrected chi connectivity index (χ3v) is 5.69. The van der Waals surface area contributed by atoms with Gasteiger partial charge in [0.05, 0.1) is 11.7 Å². The molecule has 104 valence electrons. The van der Waals surface area contributed by atoms with Crippen LogP contribution in [-0.2, 0) is 0 Å². The van der Waals surface area contributed by atoms with Crippen LogP contribution in [-0.4, -0.2) is 30.6 Å². The SMILES string of the molecule is CC1CNCC2=C3CCCC4=C3N(CC=CS4)C21.Cl. The molecule has 2 nitrogen and oxygen atoms in total. The molecular formula is C15H21ClN2S. The molecule has 0 amide bonds. The van der Waals surface area contributed by atoms with E-state index in [0.29, 0.717) is 6.04 Å². The van der Waals surface area contributed by atoms with Crippen molar-refractivity contribution in [2.45, 2.75) is 32.2 Å². The Morgan fingerprint density at radius 2 is 2.26 bits per heavy atom. The van der Waals surface area contributed by atoms with Crippen LogP contribution in [0.5, 0.6) is 0 Å². The van der Waals surface area contributed by atoms with E-state index in [1.807, 2.05) is 11.8 Å². The van der Waals surface area contributed by atoms with Crippen LogP contribution in [0.2, 0.25) is 0 Å². The van der Waals surface area contributed by atoms with Crippen LogP contribution in [0.3, 0.4) is 0 Å². The van der Waals surface area contributed by atoms with Crippen molar-refractivity contribution in [1.82, 2.24) is 10.2 Å². The molecule has 19 heavy (non-hydrogen) atoms. The van der Waals surface area contributed by atoms with E-state index < -0.39 is 0 Å². The number of rotatable bonds is 0. The summed E-state index contributed by atoms with van der Waals surface area (Å²) in [6, 6.07) is 0.674. The minimum atomic E-state index is 0. The molecule has 1 N–H and O–H groups in total. The molecule has 0 radical (unpaired) electrons. The highest BCUT2D eigenvalue weighted by Gasteiger charge is 2.42. The fourth-order valence-corrected chi connectivity index (χ4v) is 4.96. The maximum atomic E-state index is 3.60. The first kappa shape index (κ1) is 13.6. The molecule has 0 bridgehead atoms. The van der Waals surface area contributed by atoms with Gasteiger partial charge in [-0.25, -0.2) is 0 Å². The Kier molecular flexibility index (Phi) is 3.71. The monoisotopic (exact) mass is 296 g/mol. The first-order valence-corrected chi connectivity index (χ1v) is 7.98. The lowest BCUT2D eigenvalue weighted by Crippen LogP contribution is -2.46. The number of piperidine rings is 1. The van der Waals surface area contributed by atoms with E-state index in [1.165, 1.54) is 19.3 Å². The van der Waals surface area contributed by atoms with Crippen LogP contribution in [0.1, 0.15) is 26.2 Å². The molecular weight excluding hydrogens is 276 g/mol. The van der Waals surface area contributed by atoms with E-state index in [-0.39, 0.29) is 12.4 Å². The van der Waals surface area contributed by atoms with E-state index in [1.54, 1.807) is 21.7 Å². The average Bonchev–Trinajstić information content (AvgIpc) is 2.57. The van der Waals surface area contributed by atoms with Crippen LogP contribution in [0.15, 0.2) is 33.2 Å². The first-order valence-electron chi connectivity index (χ1n) is 7.10. The molecule has 1 saturated heterocycles. The summed E-state index contributed by atoms with van der Waals surface area (Å²) in [5.41, 5.74) is 5.01. The third-order valence-electron chi connectivity index (χ3n) is 4.68. The molecule has 1 aliphatic carbocycles. The van der Waals surface area contributed by atoms with Gasteiger partial charge in [-0.2, -0.15) is 0 Å². The summed E-state index contributed by atoms with van der Waals surface area (Å²) in [4.78, 5) is 4.32. The van der Waals surface area contributed by atoms with Crippen molar-refractivity contribution in [3.8, 4) is 0 Å². The Hall–Kier alpha value is -0.380. The molecule has 2 unspecified atom stereocenters. The second-order valence-corrected chi connectivity index (χ2v) is 6.82. The maximum Gasteiger partial charge on any atom is 0.0562 e. The van der Waals surface area contributed by atoms with E-state index in [9.17, 15) is 0 Å². The molecule has 0 aromatic heterocycles. The number of nitrogens with one attached hydrogen (secondary N) is 1. The van der Waals surface area contributed by atoms with Crippen molar-refractivity contribution in [3.05, 3.63) is 33.2 Å². The molecule has 0 aromatic rings. The number of fused-ring (bicyclic) bond motifs is 2. The van der Waals surface area contributed by atoms with Gasteiger partial charge in [-0.15, -0.1) is 24.2 Å². The van der Waals surface area contributed by atoms with Gasteiger partial charge in [-0.05, 0) is 41.7 Å². The minimum absolute atomic E-state index is 0. The van der Waals surface area contributed by atoms with Crippen molar-refractivity contribution in [1.29, 1.82) is 0 Å². The Labute approximate surface area is 125 Å². The fraction of sp³-hybridized carbons (Fsp3) is 0.600. The summed E-state index contributed by atoms with van der Waals surface area (Å²) >= 11 is 1.96. The normalized spacial score (nSPS) is 32.8. The Bertz CT molecular complexity index is 481. The number of nitrogens with zero attached hydrogens (tertiary/aromatic N) is 1. The zero-order valence-electron chi connectivity index (χ0n) is 11.3. The van der Waals surface area contributed by atoms with Crippen molar-refractivity contribution >= 4 is 24.2 Å². The molecule has 4 aliphatic rings. The zero-order chi connectivity index (χ0) is 12.1. The Morgan fingerprint density at radius 1 is 1.37 bits per heavy atom. The van der Waals surface area contributed by atoms with Gasteiger partial charge in [0.1, 0.15) is 0 Å². The predicted molar refractivity (Wildman–Crippen MR) is 84.4 cm³/mol. The van der Waals surface area contributed by atoms with Crippen LogP contribution in [0, 0.1) is 5.92 Å². The molecule has 3 heterocycles. The molecule has 4 heteroatoms. The van der Waals surface area contributed by atoms with Crippen LogP contribution in [0.25, 0.3) is 0 Å². The van der Waals surface area contributed by atoms with Gasteiger partial charge in [0.15, 0.2) is 0 Å². The van der Waals surface area contributed by atoms with Crippen molar-refractivity contribution in [2.75, 3.05) is 19.6 Å². The van der Waals surface area contributed by atoms with Crippen molar-refractivity contribution in [3.63, 3.8) is 0 Å². The van der Waals surface area contributed by atoms with Gasteiger partial charge < -0.3 is 10.2 Å². The van der Waals surface area contributed by atoms with E-state index in [0.717, 1.165) is 25.6 Å². The summed E-state index contributed by atoms with van der Waals surface area (Å²) in [5, 5.41) is 5.90. The van der Waals surface area contributed by atoms with Gasteiger partial charge in [-0.3, -0.25) is 0 Å². The van der Waals surface area contributed by atoms with Crippen molar-refractivity contribution < 1.29 is 0 Å². The molecule has 0 spiro atoms. The summed E-state index contributed by atoms with van der Waals surface area (Å²) in [7, 11) is 0. The maximum absolute atomic E-state index is 3.60. The van der Waals surface area contributed by atoms with Gasteiger partial charge >= 0.3 is 0 Å². The zero-order valence-corrected chi connectivity index (χ0v) is 12.9. The molecule has 1 fully saturated rings. The molecule has 2 atom stereocenters. The summed E-state index contributed by atoms with van der Waals surface area (Å²) in [6.07, 6.45) is 6.27. The van der Waals surface area contributed by atoms with Crippen molar-refractivity contribution in [2.24, 2.45) is 5.92 Å². The number of allylic oxidation sites excluding steroid dienone is 2. The highest BCUT2D eigenvalue weighted by molar-refractivity contribution is 8.05. The quantitative estimate of drug-likeness (QED) is 0.738. The Morgan fingerprint density at radius 3 is 3.16 bits per heavy atom. The average molecular weight is 297 g/mol. The lowest BCUT2D eigenvalue weighted by Gasteiger charge is -2.37. The largest absolute Gasteiger partial charge is 0.360 e. The lowest BCUT2D eigenvalue weighted by molar-refractivity contribution is 0.237. The molecule has 4 rings (SSSR count). The van der Waals surface area contributed by atoms with Gasteiger partial charge in [0.25, 0.3) is 0 Å². The standard InChI is InChI=1S/C15H20N2S.ClH/c1-10-8-16-9-12-11-4-2-5-13-15(11)17(14(10)12)6-3-7-18-13;/h3,7,10,14,16H,2,4-6,8-9H2,1H3;1H. The molecule has 3 aliphatic heterocycles. The highest BCUT2D eigenvalue weighted by atomic mass is 35.5. The van der Waals surface area contributed by atoms with Gasteiger partial charge in [0, 0.05) is 24.5 Å². The first-order chi connectivity index (χ1) is 8.86.